The van der Waals surface area contributed by atoms with Gasteiger partial charge in [0.05, 0.1) is 11.7 Å². The Labute approximate surface area is 145 Å². The summed E-state index contributed by atoms with van der Waals surface area (Å²) in [6.45, 7) is 4.60. The van der Waals surface area contributed by atoms with Gasteiger partial charge in [0.1, 0.15) is 17.3 Å². The topological polar surface area (TPSA) is 56.9 Å². The molecule has 1 N–H and O–H groups in total. The molecule has 2 bridgehead atoms. The number of piperidine rings is 3. The van der Waals surface area contributed by atoms with Crippen molar-refractivity contribution in [3.05, 3.63) is 41.9 Å². The Hall–Kier alpha value is -2.34. The van der Waals surface area contributed by atoms with E-state index in [4.69, 9.17) is 4.42 Å². The minimum absolute atomic E-state index is 0.111. The SMILES string of the molecule is Cc1ccc(-c2cc(F)ccc2N(C(=O)O)[C@H]2CN3CCC2CC3)o1. The van der Waals surface area contributed by atoms with Crippen LogP contribution in [-0.2, 0) is 0 Å². The van der Waals surface area contributed by atoms with E-state index in [0.717, 1.165) is 32.5 Å². The smallest absolute Gasteiger partial charge is 0.412 e. The number of amides is 1. The van der Waals surface area contributed by atoms with Crippen molar-refractivity contribution in [2.45, 2.75) is 25.8 Å². The van der Waals surface area contributed by atoms with Gasteiger partial charge in [-0.25, -0.2) is 9.18 Å². The number of aryl methyl sites for hydroxylation is 1. The second-order valence-electron chi connectivity index (χ2n) is 6.93. The van der Waals surface area contributed by atoms with Crippen LogP contribution in [0, 0.1) is 18.7 Å². The van der Waals surface area contributed by atoms with E-state index in [9.17, 15) is 14.3 Å². The summed E-state index contributed by atoms with van der Waals surface area (Å²) in [5.41, 5.74) is 0.967. The van der Waals surface area contributed by atoms with Crippen LogP contribution in [0.15, 0.2) is 34.7 Å². The van der Waals surface area contributed by atoms with Crippen molar-refractivity contribution in [3.63, 3.8) is 0 Å². The quantitative estimate of drug-likeness (QED) is 0.915. The van der Waals surface area contributed by atoms with E-state index in [2.05, 4.69) is 4.90 Å². The molecule has 6 heteroatoms. The molecule has 4 heterocycles. The van der Waals surface area contributed by atoms with Crippen molar-refractivity contribution < 1.29 is 18.7 Å². The Kier molecular flexibility index (Phi) is 4.00. The molecule has 0 radical (unpaired) electrons. The largest absolute Gasteiger partial charge is 0.465 e. The Morgan fingerprint density at radius 1 is 1.28 bits per heavy atom. The van der Waals surface area contributed by atoms with Crippen molar-refractivity contribution in [2.75, 3.05) is 24.5 Å². The predicted octanol–water partition coefficient (Wildman–Crippen LogP) is 3.97. The molecule has 1 aromatic heterocycles. The van der Waals surface area contributed by atoms with Crippen LogP contribution in [-0.4, -0.2) is 41.8 Å². The van der Waals surface area contributed by atoms with Crippen LogP contribution >= 0.6 is 0 Å². The second kappa shape index (κ2) is 6.19. The summed E-state index contributed by atoms with van der Waals surface area (Å²) < 4.78 is 19.5. The molecular formula is C19H21FN2O3. The maximum Gasteiger partial charge on any atom is 0.412 e. The number of benzene rings is 1. The predicted molar refractivity (Wildman–Crippen MR) is 92.3 cm³/mol. The first-order chi connectivity index (χ1) is 12.0. The summed E-state index contributed by atoms with van der Waals surface area (Å²) in [6, 6.07) is 7.65. The molecule has 3 saturated heterocycles. The molecule has 3 fully saturated rings. The van der Waals surface area contributed by atoms with E-state index >= 15 is 0 Å². The van der Waals surface area contributed by atoms with E-state index in [0.29, 0.717) is 28.7 Å². The molecule has 3 aliphatic rings. The molecule has 5 rings (SSSR count). The first-order valence-electron chi connectivity index (χ1n) is 8.64. The zero-order valence-corrected chi connectivity index (χ0v) is 14.1. The van der Waals surface area contributed by atoms with E-state index in [1.807, 2.05) is 6.92 Å². The summed E-state index contributed by atoms with van der Waals surface area (Å²) in [5.74, 6) is 1.12. The number of hydrogen-bond acceptors (Lipinski definition) is 3. The molecule has 1 atom stereocenters. The highest BCUT2D eigenvalue weighted by atomic mass is 19.1. The molecule has 3 aliphatic heterocycles. The Balaban J connectivity index is 1.79. The van der Waals surface area contributed by atoms with Crippen LogP contribution in [0.3, 0.4) is 0 Å². The summed E-state index contributed by atoms with van der Waals surface area (Å²) in [5, 5.41) is 9.94. The van der Waals surface area contributed by atoms with Crippen molar-refractivity contribution >= 4 is 11.8 Å². The lowest BCUT2D eigenvalue weighted by atomic mass is 9.83. The normalized spacial score (nSPS) is 25.1. The molecule has 0 spiro atoms. The van der Waals surface area contributed by atoms with E-state index < -0.39 is 11.9 Å². The number of rotatable bonds is 3. The third-order valence-corrected chi connectivity index (χ3v) is 5.38. The van der Waals surface area contributed by atoms with Gasteiger partial charge in [0, 0.05) is 12.1 Å². The van der Waals surface area contributed by atoms with Gasteiger partial charge in [0.15, 0.2) is 0 Å². The lowest BCUT2D eigenvalue weighted by Crippen LogP contribution is -2.58. The van der Waals surface area contributed by atoms with Crippen molar-refractivity contribution in [3.8, 4) is 11.3 Å². The van der Waals surface area contributed by atoms with Gasteiger partial charge < -0.3 is 14.4 Å². The summed E-state index contributed by atoms with van der Waals surface area (Å²) in [4.78, 5) is 15.9. The highest BCUT2D eigenvalue weighted by molar-refractivity contribution is 5.92. The van der Waals surface area contributed by atoms with Crippen LogP contribution in [0.4, 0.5) is 14.9 Å². The van der Waals surface area contributed by atoms with Crippen molar-refractivity contribution in [1.82, 2.24) is 4.90 Å². The Bertz CT molecular complexity index is 796. The van der Waals surface area contributed by atoms with Crippen molar-refractivity contribution in [1.29, 1.82) is 0 Å². The van der Waals surface area contributed by atoms with Crippen LogP contribution in [0.1, 0.15) is 18.6 Å². The highest BCUT2D eigenvalue weighted by Gasteiger charge is 2.41. The first kappa shape index (κ1) is 16.1. The third-order valence-electron chi connectivity index (χ3n) is 5.38. The fraction of sp³-hybridized carbons (Fsp3) is 0.421. The van der Waals surface area contributed by atoms with Crippen LogP contribution < -0.4 is 4.90 Å². The maximum atomic E-state index is 13.9. The molecular weight excluding hydrogens is 323 g/mol. The van der Waals surface area contributed by atoms with E-state index in [-0.39, 0.29) is 6.04 Å². The molecule has 1 amide bonds. The van der Waals surface area contributed by atoms with Gasteiger partial charge >= 0.3 is 6.09 Å². The zero-order valence-electron chi connectivity index (χ0n) is 14.1. The number of fused-ring (bicyclic) bond motifs is 3. The van der Waals surface area contributed by atoms with Gasteiger partial charge in [-0.3, -0.25) is 4.90 Å². The zero-order chi connectivity index (χ0) is 17.6. The molecule has 25 heavy (non-hydrogen) atoms. The van der Waals surface area contributed by atoms with Gasteiger partial charge in [-0.1, -0.05) is 0 Å². The minimum Gasteiger partial charge on any atom is -0.465 e. The third kappa shape index (κ3) is 2.91. The lowest BCUT2D eigenvalue weighted by Gasteiger charge is -2.48. The Morgan fingerprint density at radius 3 is 2.60 bits per heavy atom. The fourth-order valence-corrected chi connectivity index (χ4v) is 4.14. The summed E-state index contributed by atoms with van der Waals surface area (Å²) >= 11 is 0. The molecule has 132 valence electrons. The number of nitrogens with zero attached hydrogens (tertiary/aromatic N) is 2. The lowest BCUT2D eigenvalue weighted by molar-refractivity contribution is 0.0837. The molecule has 1 aromatic carbocycles. The van der Waals surface area contributed by atoms with Gasteiger partial charge in [-0.15, -0.1) is 0 Å². The van der Waals surface area contributed by atoms with Gasteiger partial charge in [0.25, 0.3) is 0 Å². The fourth-order valence-electron chi connectivity index (χ4n) is 4.14. The average molecular weight is 344 g/mol. The number of hydrogen-bond donors (Lipinski definition) is 1. The first-order valence-corrected chi connectivity index (χ1v) is 8.64. The molecule has 0 aliphatic carbocycles. The number of anilines is 1. The van der Waals surface area contributed by atoms with Crippen LogP contribution in [0.2, 0.25) is 0 Å². The maximum absolute atomic E-state index is 13.9. The molecule has 0 unspecified atom stereocenters. The number of halogens is 1. The minimum atomic E-state index is -1.00. The standard InChI is InChI=1S/C19H21FN2O3/c1-12-2-5-18(25-12)15-10-14(20)3-4-16(15)22(19(23)24)17-11-21-8-6-13(17)7-9-21/h2-5,10,13,17H,6-9,11H2,1H3,(H,23,24)/t17-/m0/s1. The molecule has 0 saturated carbocycles. The molecule has 2 aromatic rings. The van der Waals surface area contributed by atoms with Gasteiger partial charge in [-0.2, -0.15) is 0 Å². The van der Waals surface area contributed by atoms with E-state index in [1.54, 1.807) is 18.2 Å². The average Bonchev–Trinajstić information content (AvgIpc) is 3.03. The summed E-state index contributed by atoms with van der Waals surface area (Å²) in [7, 11) is 0. The van der Waals surface area contributed by atoms with Gasteiger partial charge in [-0.05, 0) is 69.1 Å². The van der Waals surface area contributed by atoms with Crippen LogP contribution in [0.5, 0.6) is 0 Å². The molecule has 5 nitrogen and oxygen atoms in total. The Morgan fingerprint density at radius 2 is 2.04 bits per heavy atom. The van der Waals surface area contributed by atoms with Gasteiger partial charge in [0.2, 0.25) is 0 Å². The number of carboxylic acid groups (broad SMARTS) is 1. The number of furan rings is 1. The summed E-state index contributed by atoms with van der Waals surface area (Å²) in [6.07, 6.45) is 1.00. The highest BCUT2D eigenvalue weighted by Crippen LogP contribution is 2.38. The van der Waals surface area contributed by atoms with Crippen LogP contribution in [0.25, 0.3) is 11.3 Å². The van der Waals surface area contributed by atoms with E-state index in [1.165, 1.54) is 17.0 Å². The second-order valence-corrected chi connectivity index (χ2v) is 6.93. The number of carbonyl (C=O) groups is 1. The van der Waals surface area contributed by atoms with Crippen molar-refractivity contribution in [2.24, 2.45) is 5.92 Å². The monoisotopic (exact) mass is 344 g/mol.